The summed E-state index contributed by atoms with van der Waals surface area (Å²) in [6.45, 7) is 7.48. The van der Waals surface area contributed by atoms with Gasteiger partial charge in [-0.05, 0) is 56.4 Å². The van der Waals surface area contributed by atoms with Crippen LogP contribution >= 0.6 is 0 Å². The van der Waals surface area contributed by atoms with Gasteiger partial charge < -0.3 is 10.2 Å². The van der Waals surface area contributed by atoms with E-state index in [0.717, 1.165) is 25.7 Å². The molecule has 2 aliphatic rings. The number of allylic oxidation sites excluding steroid dienone is 3. The number of rotatable bonds is 7. The molecule has 1 aliphatic heterocycles. The first-order valence-corrected chi connectivity index (χ1v) is 11.4. The lowest BCUT2D eigenvalue weighted by atomic mass is 9.80. The average Bonchev–Trinajstić information content (AvgIpc) is 2.98. The van der Waals surface area contributed by atoms with Crippen LogP contribution in [0.4, 0.5) is 0 Å². The highest BCUT2D eigenvalue weighted by Gasteiger charge is 2.45. The van der Waals surface area contributed by atoms with Crippen LogP contribution in [0.3, 0.4) is 0 Å². The maximum atomic E-state index is 13.7. The molecule has 4 heteroatoms. The van der Waals surface area contributed by atoms with Crippen LogP contribution in [0.5, 0.6) is 0 Å². The minimum Gasteiger partial charge on any atom is -0.354 e. The largest absolute Gasteiger partial charge is 0.354 e. The second-order valence-electron chi connectivity index (χ2n) is 9.35. The van der Waals surface area contributed by atoms with Crippen molar-refractivity contribution in [2.75, 3.05) is 13.1 Å². The summed E-state index contributed by atoms with van der Waals surface area (Å²) in [6, 6.07) is 10.2. The highest BCUT2D eigenvalue weighted by Crippen LogP contribution is 2.35. The van der Waals surface area contributed by atoms with E-state index in [0.29, 0.717) is 31.3 Å². The second-order valence-corrected chi connectivity index (χ2v) is 9.35. The van der Waals surface area contributed by atoms with Crippen molar-refractivity contribution in [3.63, 3.8) is 0 Å². The Morgan fingerprint density at radius 1 is 1.20 bits per heavy atom. The van der Waals surface area contributed by atoms with Crippen LogP contribution in [0, 0.1) is 17.8 Å². The molecular weight excluding hydrogens is 372 g/mol. The third kappa shape index (κ3) is 5.41. The number of carbonyl (C=O) groups excluding carboxylic acids is 2. The van der Waals surface area contributed by atoms with E-state index in [1.54, 1.807) is 0 Å². The molecule has 2 bridgehead atoms. The molecule has 30 heavy (non-hydrogen) atoms. The molecule has 162 valence electrons. The van der Waals surface area contributed by atoms with E-state index in [2.05, 4.69) is 43.4 Å². The Morgan fingerprint density at radius 3 is 2.67 bits per heavy atom. The number of hydrogen-bond donors (Lipinski definition) is 1. The van der Waals surface area contributed by atoms with Crippen molar-refractivity contribution in [2.45, 2.75) is 58.4 Å². The lowest BCUT2D eigenvalue weighted by molar-refractivity contribution is -0.151. The first kappa shape index (κ1) is 22.3. The molecule has 0 saturated carbocycles. The van der Waals surface area contributed by atoms with Crippen LogP contribution in [0.25, 0.3) is 0 Å². The Bertz CT molecular complexity index is 783. The minimum absolute atomic E-state index is 0.0174. The van der Waals surface area contributed by atoms with Crippen LogP contribution in [-0.4, -0.2) is 35.3 Å². The summed E-state index contributed by atoms with van der Waals surface area (Å²) in [6.07, 6.45) is 12.4. The maximum Gasteiger partial charge on any atom is 0.245 e. The van der Waals surface area contributed by atoms with Gasteiger partial charge in [0.1, 0.15) is 5.54 Å². The van der Waals surface area contributed by atoms with Crippen LogP contribution < -0.4 is 5.32 Å². The van der Waals surface area contributed by atoms with Gasteiger partial charge in [-0.25, -0.2) is 0 Å². The van der Waals surface area contributed by atoms with Crippen LogP contribution in [-0.2, 0) is 16.0 Å². The molecule has 3 rings (SSSR count). The summed E-state index contributed by atoms with van der Waals surface area (Å²) in [4.78, 5) is 28.9. The molecule has 1 N–H and O–H groups in total. The summed E-state index contributed by atoms with van der Waals surface area (Å²) < 4.78 is 0. The summed E-state index contributed by atoms with van der Waals surface area (Å²) in [5.74, 6) is 0.773. The molecule has 0 radical (unpaired) electrons. The quantitative estimate of drug-likeness (QED) is 0.721. The molecule has 4 nitrogen and oxygen atoms in total. The monoisotopic (exact) mass is 408 g/mol. The predicted octanol–water partition coefficient (Wildman–Crippen LogP) is 4.52. The summed E-state index contributed by atoms with van der Waals surface area (Å²) in [7, 11) is 0. The van der Waals surface area contributed by atoms with Crippen molar-refractivity contribution in [1.29, 1.82) is 0 Å². The van der Waals surface area contributed by atoms with Gasteiger partial charge in [-0.2, -0.15) is 0 Å². The fraction of sp³-hybridized carbons (Fsp3) is 0.538. The lowest BCUT2D eigenvalue weighted by Gasteiger charge is -2.44. The van der Waals surface area contributed by atoms with Crippen molar-refractivity contribution < 1.29 is 9.59 Å². The zero-order valence-electron chi connectivity index (χ0n) is 18.6. The molecule has 1 saturated heterocycles. The summed E-state index contributed by atoms with van der Waals surface area (Å²) in [5.41, 5.74) is 0.358. The van der Waals surface area contributed by atoms with E-state index in [9.17, 15) is 9.59 Å². The fourth-order valence-electron chi connectivity index (χ4n) is 4.49. The Morgan fingerprint density at radius 2 is 1.93 bits per heavy atom. The molecule has 1 fully saturated rings. The molecule has 2 amide bonds. The SMILES string of the molecule is CC(C)CCNC(=O)C1(C)CCC2C=CC=CC(C2)C(=O)N1CCc1ccccc1. The van der Waals surface area contributed by atoms with Gasteiger partial charge in [-0.15, -0.1) is 0 Å². The van der Waals surface area contributed by atoms with Gasteiger partial charge in [-0.3, -0.25) is 9.59 Å². The van der Waals surface area contributed by atoms with Crippen LogP contribution in [0.15, 0.2) is 54.6 Å². The highest BCUT2D eigenvalue weighted by atomic mass is 16.2. The van der Waals surface area contributed by atoms with E-state index >= 15 is 0 Å². The number of nitrogens with zero attached hydrogens (tertiary/aromatic N) is 1. The van der Waals surface area contributed by atoms with Gasteiger partial charge in [0.25, 0.3) is 0 Å². The molecule has 1 aliphatic carbocycles. The molecule has 3 atom stereocenters. The summed E-state index contributed by atoms with van der Waals surface area (Å²) >= 11 is 0. The van der Waals surface area contributed by atoms with Crippen LogP contribution in [0.1, 0.15) is 52.0 Å². The van der Waals surface area contributed by atoms with Crippen molar-refractivity contribution in [2.24, 2.45) is 17.8 Å². The third-order valence-electron chi connectivity index (χ3n) is 6.54. The van der Waals surface area contributed by atoms with E-state index < -0.39 is 5.54 Å². The van der Waals surface area contributed by atoms with Gasteiger partial charge in [0.05, 0.1) is 5.92 Å². The predicted molar refractivity (Wildman–Crippen MR) is 122 cm³/mol. The van der Waals surface area contributed by atoms with E-state index in [1.165, 1.54) is 5.56 Å². The van der Waals surface area contributed by atoms with Gasteiger partial charge >= 0.3 is 0 Å². The topological polar surface area (TPSA) is 49.4 Å². The number of carbonyl (C=O) groups is 2. The third-order valence-corrected chi connectivity index (χ3v) is 6.54. The average molecular weight is 409 g/mol. The van der Waals surface area contributed by atoms with Gasteiger partial charge in [0.2, 0.25) is 11.8 Å². The van der Waals surface area contributed by atoms with E-state index in [1.807, 2.05) is 42.2 Å². The van der Waals surface area contributed by atoms with Gasteiger partial charge in [0, 0.05) is 13.1 Å². The van der Waals surface area contributed by atoms with E-state index in [4.69, 9.17) is 0 Å². The number of benzene rings is 1. The van der Waals surface area contributed by atoms with Crippen molar-refractivity contribution >= 4 is 11.8 Å². The summed E-state index contributed by atoms with van der Waals surface area (Å²) in [5, 5.41) is 3.13. The van der Waals surface area contributed by atoms with Gasteiger partial charge in [-0.1, -0.05) is 68.5 Å². The number of likely N-dealkylation sites (tertiary alicyclic amines) is 1. The standard InChI is InChI=1S/C26H36N2O2/c1-20(2)14-17-27-25(30)26(3)16-13-22-11-7-8-12-23(19-22)24(29)28(26)18-15-21-9-5-4-6-10-21/h4-12,20,22-23H,13-19H2,1-3H3,(H,27,30). The normalized spacial score (nSPS) is 26.3. The molecule has 0 spiro atoms. The van der Waals surface area contributed by atoms with Crippen LogP contribution in [0.2, 0.25) is 0 Å². The maximum absolute atomic E-state index is 13.7. The van der Waals surface area contributed by atoms with Crippen molar-refractivity contribution in [1.82, 2.24) is 10.2 Å². The number of fused-ring (bicyclic) bond motifs is 2. The van der Waals surface area contributed by atoms with E-state index in [-0.39, 0.29) is 17.7 Å². The Balaban J connectivity index is 1.85. The lowest BCUT2D eigenvalue weighted by Crippen LogP contribution is -2.61. The Hall–Kier alpha value is -2.36. The number of nitrogens with one attached hydrogen (secondary N) is 1. The molecule has 0 aromatic heterocycles. The molecule has 1 aromatic rings. The first-order chi connectivity index (χ1) is 14.4. The minimum atomic E-state index is -0.828. The van der Waals surface area contributed by atoms with Crippen molar-refractivity contribution in [3.05, 3.63) is 60.2 Å². The smallest absolute Gasteiger partial charge is 0.245 e. The number of hydrogen-bond acceptors (Lipinski definition) is 2. The number of amides is 2. The zero-order chi connectivity index (χ0) is 21.6. The Labute approximate surface area is 181 Å². The first-order valence-electron chi connectivity index (χ1n) is 11.4. The highest BCUT2D eigenvalue weighted by molar-refractivity contribution is 5.92. The van der Waals surface area contributed by atoms with Gasteiger partial charge in [0.15, 0.2) is 0 Å². The zero-order valence-corrected chi connectivity index (χ0v) is 18.6. The molecular formula is C26H36N2O2. The van der Waals surface area contributed by atoms with Crippen molar-refractivity contribution in [3.8, 4) is 0 Å². The molecule has 1 heterocycles. The second kappa shape index (κ2) is 10.1. The molecule has 1 aromatic carbocycles. The molecule has 3 unspecified atom stereocenters. The fourth-order valence-corrected chi connectivity index (χ4v) is 4.49. The Kier molecular flexibility index (Phi) is 7.52.